The Morgan fingerprint density at radius 1 is 1.29 bits per heavy atom. The van der Waals surface area contributed by atoms with Gasteiger partial charge in [0.05, 0.1) is 10.8 Å². The number of amides is 3. The molecule has 2 aromatic heterocycles. The zero-order valence-corrected chi connectivity index (χ0v) is 16.6. The van der Waals surface area contributed by atoms with Gasteiger partial charge < -0.3 is 15.5 Å². The first-order chi connectivity index (χ1) is 13.5. The quantitative estimate of drug-likeness (QED) is 0.779. The smallest absolute Gasteiger partial charge is 0.261 e. The Morgan fingerprint density at radius 2 is 2.14 bits per heavy atom. The minimum Gasteiger partial charge on any atom is -0.351 e. The van der Waals surface area contributed by atoms with Crippen molar-refractivity contribution in [2.75, 3.05) is 25.0 Å². The molecule has 2 aromatic rings. The third-order valence-corrected chi connectivity index (χ3v) is 5.63. The molecule has 7 nitrogen and oxygen atoms in total. The van der Waals surface area contributed by atoms with Gasteiger partial charge in [-0.2, -0.15) is 0 Å². The molecule has 1 saturated heterocycles. The van der Waals surface area contributed by atoms with Crippen molar-refractivity contribution >= 4 is 34.9 Å². The van der Waals surface area contributed by atoms with Crippen LogP contribution in [0.4, 0.5) is 5.82 Å². The molecule has 8 heteroatoms. The summed E-state index contributed by atoms with van der Waals surface area (Å²) in [6, 6.07) is 7.28. The average molecular weight is 401 g/mol. The number of nitrogens with one attached hydrogen (secondary N) is 2. The Labute approximate surface area is 168 Å². The number of thiophene rings is 1. The normalized spacial score (nSPS) is 16.5. The molecule has 0 radical (unpaired) electrons. The molecule has 1 unspecified atom stereocenters. The number of aromatic nitrogens is 1. The van der Waals surface area contributed by atoms with E-state index in [-0.39, 0.29) is 36.6 Å². The zero-order valence-electron chi connectivity index (χ0n) is 15.8. The third kappa shape index (κ3) is 5.16. The maximum Gasteiger partial charge on any atom is 0.261 e. The van der Waals surface area contributed by atoms with Crippen molar-refractivity contribution in [2.45, 2.75) is 26.2 Å². The van der Waals surface area contributed by atoms with Crippen molar-refractivity contribution < 1.29 is 14.4 Å². The maximum absolute atomic E-state index is 12.6. The number of hydrogen-bond donors (Lipinski definition) is 2. The van der Waals surface area contributed by atoms with Crippen molar-refractivity contribution in [2.24, 2.45) is 5.92 Å². The van der Waals surface area contributed by atoms with E-state index in [1.165, 1.54) is 11.3 Å². The van der Waals surface area contributed by atoms with Crippen LogP contribution in [0.25, 0.3) is 0 Å². The van der Waals surface area contributed by atoms with Gasteiger partial charge >= 0.3 is 0 Å². The molecule has 0 bridgehead atoms. The molecule has 0 spiro atoms. The van der Waals surface area contributed by atoms with Crippen LogP contribution in [0, 0.1) is 12.8 Å². The highest BCUT2D eigenvalue weighted by Gasteiger charge is 2.28. The number of nitrogens with zero attached hydrogens (tertiary/aromatic N) is 2. The average Bonchev–Trinajstić information content (AvgIpc) is 3.24. The predicted molar refractivity (Wildman–Crippen MR) is 108 cm³/mol. The number of carbonyl (C=O) groups is 3. The van der Waals surface area contributed by atoms with Gasteiger partial charge in [0, 0.05) is 32.3 Å². The molecule has 1 fully saturated rings. The first-order valence-corrected chi connectivity index (χ1v) is 10.2. The van der Waals surface area contributed by atoms with Crippen LogP contribution in [0.2, 0.25) is 0 Å². The Balaban J connectivity index is 1.47. The van der Waals surface area contributed by atoms with Gasteiger partial charge in [-0.05, 0) is 42.8 Å². The van der Waals surface area contributed by atoms with E-state index >= 15 is 0 Å². The van der Waals surface area contributed by atoms with Crippen LogP contribution >= 0.6 is 11.3 Å². The van der Waals surface area contributed by atoms with Crippen LogP contribution in [0.3, 0.4) is 0 Å². The van der Waals surface area contributed by atoms with E-state index in [9.17, 15) is 14.4 Å². The molecule has 148 valence electrons. The van der Waals surface area contributed by atoms with E-state index in [0.717, 1.165) is 18.4 Å². The van der Waals surface area contributed by atoms with Gasteiger partial charge in [0.2, 0.25) is 11.8 Å². The minimum atomic E-state index is -0.250. The van der Waals surface area contributed by atoms with Crippen molar-refractivity contribution in [1.29, 1.82) is 0 Å². The summed E-state index contributed by atoms with van der Waals surface area (Å²) in [5.41, 5.74) is 0.904. The molecular weight excluding hydrogens is 376 g/mol. The molecule has 0 aromatic carbocycles. The third-order valence-electron chi connectivity index (χ3n) is 4.77. The summed E-state index contributed by atoms with van der Waals surface area (Å²) in [5.74, 6) is -0.000204. The highest BCUT2D eigenvalue weighted by atomic mass is 32.1. The highest BCUT2D eigenvalue weighted by molar-refractivity contribution is 7.12. The summed E-state index contributed by atoms with van der Waals surface area (Å²) in [6.45, 7) is 3.22. The Kier molecular flexibility index (Phi) is 6.76. The second-order valence-electron chi connectivity index (χ2n) is 6.82. The summed E-state index contributed by atoms with van der Waals surface area (Å²) in [7, 11) is 0. The van der Waals surface area contributed by atoms with E-state index in [0.29, 0.717) is 23.8 Å². The van der Waals surface area contributed by atoms with Crippen LogP contribution in [0.1, 0.15) is 34.5 Å². The number of anilines is 1. The largest absolute Gasteiger partial charge is 0.351 e. The molecule has 1 aliphatic rings. The summed E-state index contributed by atoms with van der Waals surface area (Å²) >= 11 is 1.37. The van der Waals surface area contributed by atoms with Gasteiger partial charge in [-0.25, -0.2) is 4.98 Å². The lowest BCUT2D eigenvalue weighted by molar-refractivity contribution is -0.134. The second-order valence-corrected chi connectivity index (χ2v) is 7.77. The summed E-state index contributed by atoms with van der Waals surface area (Å²) in [4.78, 5) is 43.5. The monoisotopic (exact) mass is 400 g/mol. The Bertz CT molecular complexity index is 838. The Morgan fingerprint density at radius 3 is 2.89 bits per heavy atom. The van der Waals surface area contributed by atoms with Crippen molar-refractivity contribution in [1.82, 2.24) is 15.2 Å². The lowest BCUT2D eigenvalue weighted by Crippen LogP contribution is -2.44. The van der Waals surface area contributed by atoms with E-state index in [2.05, 4.69) is 15.6 Å². The van der Waals surface area contributed by atoms with E-state index < -0.39 is 0 Å². The molecule has 0 aliphatic carbocycles. The molecular formula is C20H24N4O3S. The number of aryl methyl sites for hydroxylation is 1. The molecule has 2 N–H and O–H groups in total. The van der Waals surface area contributed by atoms with E-state index in [1.54, 1.807) is 17.2 Å². The number of pyridine rings is 1. The van der Waals surface area contributed by atoms with Crippen LogP contribution in [-0.2, 0) is 9.59 Å². The van der Waals surface area contributed by atoms with E-state index in [1.807, 2.05) is 30.5 Å². The summed E-state index contributed by atoms with van der Waals surface area (Å²) in [6.07, 6.45) is 3.40. The number of hydrogen-bond acceptors (Lipinski definition) is 5. The topological polar surface area (TPSA) is 91.4 Å². The first-order valence-electron chi connectivity index (χ1n) is 9.36. The van der Waals surface area contributed by atoms with Crippen LogP contribution < -0.4 is 10.6 Å². The summed E-state index contributed by atoms with van der Waals surface area (Å²) < 4.78 is 0. The van der Waals surface area contributed by atoms with Gasteiger partial charge in [0.1, 0.15) is 5.82 Å². The van der Waals surface area contributed by atoms with E-state index in [4.69, 9.17) is 0 Å². The van der Waals surface area contributed by atoms with Gasteiger partial charge in [-0.1, -0.05) is 12.1 Å². The van der Waals surface area contributed by atoms with Crippen LogP contribution in [0.5, 0.6) is 0 Å². The molecule has 28 heavy (non-hydrogen) atoms. The van der Waals surface area contributed by atoms with Gasteiger partial charge in [0.15, 0.2) is 0 Å². The maximum atomic E-state index is 12.6. The SMILES string of the molecule is Cc1cccnc1NC(=O)C1CCCN(C(=O)CCNC(=O)c2cccs2)C1. The number of rotatable bonds is 6. The number of carbonyl (C=O) groups excluding carboxylic acids is 3. The van der Waals surface area contributed by atoms with Crippen LogP contribution in [-0.4, -0.2) is 47.2 Å². The molecule has 0 saturated carbocycles. The van der Waals surface area contributed by atoms with Crippen LogP contribution in [0.15, 0.2) is 35.8 Å². The number of piperidine rings is 1. The molecule has 3 rings (SSSR count). The van der Waals surface area contributed by atoms with Crippen molar-refractivity contribution in [3.63, 3.8) is 0 Å². The first kappa shape index (κ1) is 20.0. The van der Waals surface area contributed by atoms with Gasteiger partial charge in [-0.3, -0.25) is 14.4 Å². The fourth-order valence-electron chi connectivity index (χ4n) is 3.19. The zero-order chi connectivity index (χ0) is 19.9. The van der Waals surface area contributed by atoms with Crippen molar-refractivity contribution in [3.8, 4) is 0 Å². The summed E-state index contributed by atoms with van der Waals surface area (Å²) in [5, 5.41) is 7.47. The standard InChI is InChI=1S/C20H24N4O3S/c1-14-5-2-9-21-18(14)23-19(26)15-6-3-11-24(13-15)17(25)8-10-22-20(27)16-7-4-12-28-16/h2,4-5,7,9,12,15H,3,6,8,10-11,13H2,1H3,(H,22,27)(H,21,23,26). The Hall–Kier alpha value is -2.74. The molecule has 1 atom stereocenters. The van der Waals surface area contributed by atoms with Gasteiger partial charge in [-0.15, -0.1) is 11.3 Å². The van der Waals surface area contributed by atoms with Gasteiger partial charge in [0.25, 0.3) is 5.91 Å². The fraction of sp³-hybridized carbons (Fsp3) is 0.400. The minimum absolute atomic E-state index is 0.0435. The van der Waals surface area contributed by atoms with Crippen molar-refractivity contribution in [3.05, 3.63) is 46.3 Å². The molecule has 1 aliphatic heterocycles. The predicted octanol–water partition coefficient (Wildman–Crippen LogP) is 2.45. The fourth-order valence-corrected chi connectivity index (χ4v) is 3.83. The molecule has 3 heterocycles. The second kappa shape index (κ2) is 9.45. The lowest BCUT2D eigenvalue weighted by atomic mass is 9.96. The number of likely N-dealkylation sites (tertiary alicyclic amines) is 1. The highest BCUT2D eigenvalue weighted by Crippen LogP contribution is 2.20. The lowest BCUT2D eigenvalue weighted by Gasteiger charge is -2.32. The molecule has 3 amide bonds.